The number of methoxy groups -OCH3 is 1. The standard InChI is InChI=1S/C12H17NO/c1-12(13)6-5-9-3-4-11(14-2)7-10(9)8-12/h3-4,7H,5-6,8,13H2,1-2H3. The predicted molar refractivity (Wildman–Crippen MR) is 57.6 cm³/mol. The zero-order chi connectivity index (χ0) is 10.2. The molecule has 0 fully saturated rings. The Morgan fingerprint density at radius 2 is 2.14 bits per heavy atom. The van der Waals surface area contributed by atoms with Gasteiger partial charge in [-0.2, -0.15) is 0 Å². The van der Waals surface area contributed by atoms with E-state index in [1.54, 1.807) is 7.11 Å². The Morgan fingerprint density at radius 1 is 1.36 bits per heavy atom. The van der Waals surface area contributed by atoms with Gasteiger partial charge in [-0.05, 0) is 49.4 Å². The Morgan fingerprint density at radius 3 is 2.86 bits per heavy atom. The van der Waals surface area contributed by atoms with Gasteiger partial charge in [0.05, 0.1) is 7.11 Å². The van der Waals surface area contributed by atoms with Gasteiger partial charge in [-0.1, -0.05) is 6.07 Å². The lowest BCUT2D eigenvalue weighted by molar-refractivity contribution is 0.397. The molecule has 0 aliphatic heterocycles. The molecular weight excluding hydrogens is 174 g/mol. The first-order chi connectivity index (χ1) is 6.61. The van der Waals surface area contributed by atoms with Crippen LogP contribution in [0.3, 0.4) is 0 Å². The van der Waals surface area contributed by atoms with E-state index in [4.69, 9.17) is 10.5 Å². The molecule has 0 aromatic heterocycles. The van der Waals surface area contributed by atoms with Crippen molar-refractivity contribution in [2.75, 3.05) is 7.11 Å². The van der Waals surface area contributed by atoms with E-state index >= 15 is 0 Å². The number of fused-ring (bicyclic) bond motifs is 1. The van der Waals surface area contributed by atoms with Gasteiger partial charge in [0.2, 0.25) is 0 Å². The number of ether oxygens (including phenoxy) is 1. The molecule has 1 atom stereocenters. The van der Waals surface area contributed by atoms with Crippen molar-refractivity contribution in [3.05, 3.63) is 29.3 Å². The maximum Gasteiger partial charge on any atom is 0.119 e. The fourth-order valence-corrected chi connectivity index (χ4v) is 2.08. The molecule has 0 spiro atoms. The minimum atomic E-state index is -0.0423. The molecule has 2 N–H and O–H groups in total. The van der Waals surface area contributed by atoms with Crippen molar-refractivity contribution in [1.29, 1.82) is 0 Å². The fourth-order valence-electron chi connectivity index (χ4n) is 2.08. The van der Waals surface area contributed by atoms with Crippen molar-refractivity contribution in [2.24, 2.45) is 5.73 Å². The Bertz CT molecular complexity index is 344. The lowest BCUT2D eigenvalue weighted by Crippen LogP contribution is -2.41. The van der Waals surface area contributed by atoms with Gasteiger partial charge in [-0.3, -0.25) is 0 Å². The summed E-state index contributed by atoms with van der Waals surface area (Å²) in [6, 6.07) is 6.29. The number of hydrogen-bond donors (Lipinski definition) is 1. The largest absolute Gasteiger partial charge is 0.497 e. The summed E-state index contributed by atoms with van der Waals surface area (Å²) in [5.74, 6) is 0.932. The average molecular weight is 191 g/mol. The van der Waals surface area contributed by atoms with Gasteiger partial charge in [0, 0.05) is 5.54 Å². The monoisotopic (exact) mass is 191 g/mol. The first kappa shape index (κ1) is 9.53. The van der Waals surface area contributed by atoms with Crippen LogP contribution in [0.25, 0.3) is 0 Å². The lowest BCUT2D eigenvalue weighted by atomic mass is 9.80. The molecule has 1 unspecified atom stereocenters. The number of aryl methyl sites for hydroxylation is 1. The van der Waals surface area contributed by atoms with Crippen LogP contribution in [0.2, 0.25) is 0 Å². The molecule has 2 rings (SSSR count). The molecule has 1 aromatic rings. The summed E-state index contributed by atoms with van der Waals surface area (Å²) in [6.07, 6.45) is 3.12. The summed E-state index contributed by atoms with van der Waals surface area (Å²) in [5, 5.41) is 0. The van der Waals surface area contributed by atoms with E-state index in [-0.39, 0.29) is 5.54 Å². The highest BCUT2D eigenvalue weighted by Gasteiger charge is 2.25. The van der Waals surface area contributed by atoms with Crippen LogP contribution >= 0.6 is 0 Å². The predicted octanol–water partition coefficient (Wildman–Crippen LogP) is 1.90. The second-order valence-electron chi connectivity index (χ2n) is 4.47. The van der Waals surface area contributed by atoms with Crippen LogP contribution in [0.4, 0.5) is 0 Å². The number of hydrogen-bond acceptors (Lipinski definition) is 2. The van der Waals surface area contributed by atoms with Crippen molar-refractivity contribution in [3.8, 4) is 5.75 Å². The van der Waals surface area contributed by atoms with Crippen LogP contribution in [0.5, 0.6) is 5.75 Å². The van der Waals surface area contributed by atoms with Crippen LogP contribution in [0, 0.1) is 0 Å². The number of benzene rings is 1. The molecule has 0 heterocycles. The number of rotatable bonds is 1. The molecule has 0 saturated heterocycles. The first-order valence-corrected chi connectivity index (χ1v) is 5.05. The minimum Gasteiger partial charge on any atom is -0.497 e. The van der Waals surface area contributed by atoms with Crippen molar-refractivity contribution in [2.45, 2.75) is 31.7 Å². The quantitative estimate of drug-likeness (QED) is 0.736. The zero-order valence-electron chi connectivity index (χ0n) is 8.84. The van der Waals surface area contributed by atoms with Crippen molar-refractivity contribution < 1.29 is 4.74 Å². The smallest absolute Gasteiger partial charge is 0.119 e. The highest BCUT2D eigenvalue weighted by Crippen LogP contribution is 2.29. The van der Waals surface area contributed by atoms with Gasteiger partial charge in [-0.15, -0.1) is 0 Å². The summed E-state index contributed by atoms with van der Waals surface area (Å²) < 4.78 is 5.21. The minimum absolute atomic E-state index is 0.0423. The average Bonchev–Trinajstić information content (AvgIpc) is 2.15. The maximum absolute atomic E-state index is 6.14. The van der Waals surface area contributed by atoms with Crippen molar-refractivity contribution in [1.82, 2.24) is 0 Å². The van der Waals surface area contributed by atoms with Crippen LogP contribution in [0.1, 0.15) is 24.5 Å². The molecular formula is C12H17NO. The molecule has 0 radical (unpaired) electrons. The normalized spacial score (nSPS) is 25.6. The third-order valence-corrected chi connectivity index (χ3v) is 2.97. The van der Waals surface area contributed by atoms with Crippen LogP contribution in [-0.4, -0.2) is 12.6 Å². The maximum atomic E-state index is 6.14. The van der Waals surface area contributed by atoms with Gasteiger partial charge < -0.3 is 10.5 Å². The molecule has 2 heteroatoms. The molecule has 0 bridgehead atoms. The van der Waals surface area contributed by atoms with E-state index < -0.39 is 0 Å². The van der Waals surface area contributed by atoms with Gasteiger partial charge >= 0.3 is 0 Å². The van der Waals surface area contributed by atoms with E-state index in [0.29, 0.717) is 0 Å². The first-order valence-electron chi connectivity index (χ1n) is 5.05. The van der Waals surface area contributed by atoms with Crippen LogP contribution in [-0.2, 0) is 12.8 Å². The van der Waals surface area contributed by atoms with Gasteiger partial charge in [0.1, 0.15) is 5.75 Å². The summed E-state index contributed by atoms with van der Waals surface area (Å²) >= 11 is 0. The highest BCUT2D eigenvalue weighted by atomic mass is 16.5. The summed E-state index contributed by atoms with van der Waals surface area (Å²) in [6.45, 7) is 2.12. The summed E-state index contributed by atoms with van der Waals surface area (Å²) in [7, 11) is 1.70. The van der Waals surface area contributed by atoms with Gasteiger partial charge in [-0.25, -0.2) is 0 Å². The summed E-state index contributed by atoms with van der Waals surface area (Å²) in [5.41, 5.74) is 8.87. The molecule has 2 nitrogen and oxygen atoms in total. The fraction of sp³-hybridized carbons (Fsp3) is 0.500. The highest BCUT2D eigenvalue weighted by molar-refractivity contribution is 5.38. The van der Waals surface area contributed by atoms with Crippen molar-refractivity contribution >= 4 is 0 Å². The molecule has 1 aliphatic carbocycles. The van der Waals surface area contributed by atoms with E-state index in [0.717, 1.165) is 25.0 Å². The molecule has 1 aliphatic rings. The Balaban J connectivity index is 2.34. The van der Waals surface area contributed by atoms with E-state index in [9.17, 15) is 0 Å². The van der Waals surface area contributed by atoms with Crippen LogP contribution in [0.15, 0.2) is 18.2 Å². The van der Waals surface area contributed by atoms with E-state index in [1.165, 1.54) is 11.1 Å². The Hall–Kier alpha value is -1.02. The molecule has 76 valence electrons. The lowest BCUT2D eigenvalue weighted by Gasteiger charge is -2.31. The molecule has 0 saturated carbocycles. The third kappa shape index (κ3) is 1.75. The van der Waals surface area contributed by atoms with Crippen molar-refractivity contribution in [3.63, 3.8) is 0 Å². The van der Waals surface area contributed by atoms with Gasteiger partial charge in [0.25, 0.3) is 0 Å². The Labute approximate surface area is 85.1 Å². The Kier molecular flexibility index (Phi) is 2.23. The molecule has 14 heavy (non-hydrogen) atoms. The molecule has 0 amide bonds. The summed E-state index contributed by atoms with van der Waals surface area (Å²) in [4.78, 5) is 0. The second-order valence-corrected chi connectivity index (χ2v) is 4.47. The van der Waals surface area contributed by atoms with E-state index in [2.05, 4.69) is 19.1 Å². The zero-order valence-corrected chi connectivity index (χ0v) is 8.84. The van der Waals surface area contributed by atoms with E-state index in [1.807, 2.05) is 6.07 Å². The number of nitrogens with two attached hydrogens (primary N) is 1. The second kappa shape index (κ2) is 3.28. The molecule has 1 aromatic carbocycles. The topological polar surface area (TPSA) is 35.2 Å². The van der Waals surface area contributed by atoms with Gasteiger partial charge in [0.15, 0.2) is 0 Å². The SMILES string of the molecule is COc1ccc2c(c1)CC(C)(N)CC2. The van der Waals surface area contributed by atoms with Crippen LogP contribution < -0.4 is 10.5 Å². The third-order valence-electron chi connectivity index (χ3n) is 2.97.